The lowest BCUT2D eigenvalue weighted by atomic mass is 9.95. The van der Waals surface area contributed by atoms with Gasteiger partial charge in [-0.15, -0.1) is 10.2 Å². The van der Waals surface area contributed by atoms with E-state index in [4.69, 9.17) is 9.47 Å². The summed E-state index contributed by atoms with van der Waals surface area (Å²) in [5.41, 5.74) is 4.25. The van der Waals surface area contributed by atoms with Crippen LogP contribution in [0, 0.1) is 6.92 Å². The highest BCUT2D eigenvalue weighted by Gasteiger charge is 2.48. The summed E-state index contributed by atoms with van der Waals surface area (Å²) in [5.74, 6) is -0.166. The quantitative estimate of drug-likeness (QED) is 0.0954. The molecule has 0 aliphatic carbocycles. The maximum Gasteiger partial charge on any atom is 0.301 e. The van der Waals surface area contributed by atoms with Gasteiger partial charge < -0.3 is 19.5 Å². The highest BCUT2D eigenvalue weighted by atomic mass is 32.2. The fourth-order valence-electron chi connectivity index (χ4n) is 4.83. The van der Waals surface area contributed by atoms with Gasteiger partial charge in [0, 0.05) is 31.1 Å². The lowest BCUT2D eigenvalue weighted by molar-refractivity contribution is -0.132. The van der Waals surface area contributed by atoms with Crippen molar-refractivity contribution in [1.82, 2.24) is 10.2 Å². The van der Waals surface area contributed by atoms with Crippen molar-refractivity contribution >= 4 is 51.4 Å². The van der Waals surface area contributed by atoms with Crippen molar-refractivity contribution in [1.29, 1.82) is 0 Å². The second-order valence-corrected chi connectivity index (χ2v) is 12.3. The van der Waals surface area contributed by atoms with Gasteiger partial charge in [-0.25, -0.2) is 0 Å². The number of benzene rings is 3. The standard InChI is InChI=1S/C31H28N4O5S2/c1-18-4-6-19(7-5-18)17-41-31-33-32-30(42-31)35-26(20-8-11-22(12-9-20)34(2)3)25(28(37)29(35)38)27(36)21-10-13-23-24(16-21)40-15-14-39-23/h4-13,16,26,36H,14-15,17H2,1-3H3/b27-25+. The molecule has 4 aromatic rings. The number of aryl methyl sites for hydroxylation is 1. The molecule has 2 aliphatic heterocycles. The summed E-state index contributed by atoms with van der Waals surface area (Å²) in [6.45, 7) is 2.85. The average Bonchev–Trinajstić information content (AvgIpc) is 3.58. The van der Waals surface area contributed by atoms with Gasteiger partial charge in [0.05, 0.1) is 11.6 Å². The summed E-state index contributed by atoms with van der Waals surface area (Å²) in [5, 5.41) is 20.4. The molecule has 1 unspecified atom stereocenters. The molecule has 1 atom stereocenters. The molecule has 0 spiro atoms. The van der Waals surface area contributed by atoms with Gasteiger partial charge in [-0.3, -0.25) is 14.5 Å². The molecule has 3 aromatic carbocycles. The van der Waals surface area contributed by atoms with Crippen LogP contribution in [-0.2, 0) is 15.3 Å². The average molecular weight is 601 g/mol. The number of amides is 1. The maximum atomic E-state index is 13.6. The number of aliphatic hydroxyl groups is 1. The fraction of sp³-hybridized carbons (Fsp3) is 0.226. The number of carbonyl (C=O) groups excluding carboxylic acids is 2. The number of aromatic nitrogens is 2. The Balaban J connectivity index is 1.39. The highest BCUT2D eigenvalue weighted by molar-refractivity contribution is 8.00. The molecule has 42 heavy (non-hydrogen) atoms. The zero-order chi connectivity index (χ0) is 29.4. The first kappa shape index (κ1) is 27.8. The first-order chi connectivity index (χ1) is 20.3. The number of Topliss-reactive ketones (excluding diaryl/α,β-unsaturated/α-hetero) is 1. The van der Waals surface area contributed by atoms with E-state index in [1.807, 2.05) is 50.2 Å². The number of carbonyl (C=O) groups is 2. The van der Waals surface area contributed by atoms with E-state index in [-0.39, 0.29) is 16.5 Å². The van der Waals surface area contributed by atoms with E-state index >= 15 is 0 Å². The summed E-state index contributed by atoms with van der Waals surface area (Å²) in [7, 11) is 3.86. The minimum absolute atomic E-state index is 0.0293. The molecule has 0 bridgehead atoms. The predicted octanol–water partition coefficient (Wildman–Crippen LogP) is 5.60. The van der Waals surface area contributed by atoms with Crippen molar-refractivity contribution < 1.29 is 24.2 Å². The molecule has 0 saturated carbocycles. The Morgan fingerprint density at radius 2 is 1.71 bits per heavy atom. The van der Waals surface area contributed by atoms with Gasteiger partial charge in [0.25, 0.3) is 5.78 Å². The van der Waals surface area contributed by atoms with E-state index < -0.39 is 17.7 Å². The van der Waals surface area contributed by atoms with Gasteiger partial charge >= 0.3 is 5.91 Å². The number of fused-ring (bicyclic) bond motifs is 1. The second kappa shape index (κ2) is 11.5. The lowest BCUT2D eigenvalue weighted by Crippen LogP contribution is -2.29. The molecular weight excluding hydrogens is 572 g/mol. The van der Waals surface area contributed by atoms with E-state index in [1.54, 1.807) is 18.2 Å². The Morgan fingerprint density at radius 3 is 2.43 bits per heavy atom. The highest BCUT2D eigenvalue weighted by Crippen LogP contribution is 2.45. The van der Waals surface area contributed by atoms with Gasteiger partial charge in [-0.05, 0) is 48.4 Å². The minimum Gasteiger partial charge on any atom is -0.507 e. The number of ketones is 1. The van der Waals surface area contributed by atoms with Crippen molar-refractivity contribution in [3.8, 4) is 11.5 Å². The first-order valence-electron chi connectivity index (χ1n) is 13.3. The number of anilines is 2. The van der Waals surface area contributed by atoms with Crippen molar-refractivity contribution in [3.63, 3.8) is 0 Å². The molecule has 3 heterocycles. The van der Waals surface area contributed by atoms with Crippen LogP contribution in [0.5, 0.6) is 11.5 Å². The molecule has 2 aliphatic rings. The van der Waals surface area contributed by atoms with E-state index in [2.05, 4.69) is 34.5 Å². The van der Waals surface area contributed by atoms with Crippen LogP contribution in [0.25, 0.3) is 5.76 Å². The number of ether oxygens (including phenoxy) is 2. The third kappa shape index (κ3) is 5.33. The topological polar surface area (TPSA) is 105 Å². The summed E-state index contributed by atoms with van der Waals surface area (Å²) in [6, 6.07) is 19.8. The SMILES string of the molecule is Cc1ccc(CSc2nnc(N3C(=O)C(=O)/C(=C(/O)c4ccc5c(c4)OCCO5)C3c3ccc(N(C)C)cc3)s2)cc1. The monoisotopic (exact) mass is 600 g/mol. The number of thioether (sulfide) groups is 1. The zero-order valence-corrected chi connectivity index (χ0v) is 24.9. The number of hydrogen-bond donors (Lipinski definition) is 1. The Hall–Kier alpha value is -4.35. The van der Waals surface area contributed by atoms with Crippen LogP contribution >= 0.6 is 23.1 Å². The van der Waals surface area contributed by atoms with Crippen LogP contribution in [0.2, 0.25) is 0 Å². The zero-order valence-electron chi connectivity index (χ0n) is 23.2. The molecule has 9 nitrogen and oxygen atoms in total. The third-order valence-corrected chi connectivity index (χ3v) is 9.20. The van der Waals surface area contributed by atoms with Crippen molar-refractivity contribution in [2.45, 2.75) is 23.1 Å². The molecule has 0 radical (unpaired) electrons. The lowest BCUT2D eigenvalue weighted by Gasteiger charge is -2.23. The summed E-state index contributed by atoms with van der Waals surface area (Å²) in [6.07, 6.45) is 0. The molecule has 214 valence electrons. The van der Waals surface area contributed by atoms with E-state index in [0.717, 1.165) is 11.3 Å². The molecule has 6 rings (SSSR count). The first-order valence-corrected chi connectivity index (χ1v) is 15.1. The van der Waals surface area contributed by atoms with Crippen LogP contribution in [0.4, 0.5) is 10.8 Å². The van der Waals surface area contributed by atoms with Gasteiger partial charge in [-0.1, -0.05) is 65.1 Å². The van der Waals surface area contributed by atoms with Gasteiger partial charge in [-0.2, -0.15) is 0 Å². The second-order valence-electron chi connectivity index (χ2n) is 10.1. The number of rotatable bonds is 7. The Morgan fingerprint density at radius 1 is 1.00 bits per heavy atom. The number of hydrogen-bond acceptors (Lipinski definition) is 10. The minimum atomic E-state index is -0.905. The van der Waals surface area contributed by atoms with Gasteiger partial charge in [0.15, 0.2) is 15.8 Å². The Bertz CT molecular complexity index is 1680. The Kier molecular flexibility index (Phi) is 7.61. The van der Waals surface area contributed by atoms with E-state index in [1.165, 1.54) is 33.6 Å². The number of nitrogens with zero attached hydrogens (tertiary/aromatic N) is 4. The molecule has 1 aromatic heterocycles. The summed E-state index contributed by atoms with van der Waals surface area (Å²) >= 11 is 2.75. The third-order valence-electron chi connectivity index (χ3n) is 7.07. The molecule has 11 heteroatoms. The predicted molar refractivity (Wildman–Crippen MR) is 164 cm³/mol. The normalized spacial score (nSPS) is 17.5. The number of aliphatic hydroxyl groups excluding tert-OH is 1. The van der Waals surface area contributed by atoms with E-state index in [9.17, 15) is 14.7 Å². The van der Waals surface area contributed by atoms with E-state index in [0.29, 0.717) is 45.9 Å². The van der Waals surface area contributed by atoms with Gasteiger partial charge in [0.1, 0.15) is 19.0 Å². The molecule has 1 N–H and O–H groups in total. The molecule has 1 fully saturated rings. The van der Waals surface area contributed by atoms with Crippen molar-refractivity contribution in [3.05, 3.63) is 94.6 Å². The molecule has 1 saturated heterocycles. The van der Waals surface area contributed by atoms with Crippen LogP contribution in [0.3, 0.4) is 0 Å². The largest absolute Gasteiger partial charge is 0.507 e. The van der Waals surface area contributed by atoms with Crippen molar-refractivity contribution in [2.75, 3.05) is 37.1 Å². The van der Waals surface area contributed by atoms with Gasteiger partial charge in [0.2, 0.25) is 5.13 Å². The van der Waals surface area contributed by atoms with Crippen LogP contribution in [-0.4, -0.2) is 54.3 Å². The maximum absolute atomic E-state index is 13.6. The molecule has 1 amide bonds. The van der Waals surface area contributed by atoms with Crippen LogP contribution in [0.15, 0.2) is 76.6 Å². The van der Waals surface area contributed by atoms with Crippen molar-refractivity contribution in [2.24, 2.45) is 0 Å². The fourth-order valence-corrected chi connectivity index (χ4v) is 6.66. The smallest absolute Gasteiger partial charge is 0.301 e. The summed E-state index contributed by atoms with van der Waals surface area (Å²) < 4.78 is 12.0. The van der Waals surface area contributed by atoms with Crippen LogP contribution in [0.1, 0.15) is 28.3 Å². The summed E-state index contributed by atoms with van der Waals surface area (Å²) in [4.78, 5) is 30.4. The Labute approximate surface area is 251 Å². The molecular formula is C31H28N4O5S2. The van der Waals surface area contributed by atoms with Crippen LogP contribution < -0.4 is 19.3 Å².